The second-order valence-corrected chi connectivity index (χ2v) is 4.76. The smallest absolute Gasteiger partial charge is 0.106 e. The van der Waals surface area contributed by atoms with E-state index >= 15 is 0 Å². The molecule has 0 heterocycles. The highest BCUT2D eigenvalue weighted by atomic mass is 19.1. The zero-order valence-electron chi connectivity index (χ0n) is 10.7. The van der Waals surface area contributed by atoms with Crippen molar-refractivity contribution in [2.75, 3.05) is 11.9 Å². The van der Waals surface area contributed by atoms with Crippen LogP contribution >= 0.6 is 0 Å². The summed E-state index contributed by atoms with van der Waals surface area (Å²) in [5, 5.41) is 3.29. The lowest BCUT2D eigenvalue weighted by Crippen LogP contribution is -2.11. The number of hydrogen-bond donors (Lipinski definition) is 1. The molecule has 0 aliphatic heterocycles. The number of nitrogens with one attached hydrogen (secondary N) is 1. The number of halogens is 1. The summed E-state index contributed by atoms with van der Waals surface area (Å²) >= 11 is 0. The number of hydrogen-bond acceptors (Lipinski definition) is 1. The second-order valence-electron chi connectivity index (χ2n) is 4.76. The van der Waals surface area contributed by atoms with E-state index in [1.54, 1.807) is 0 Å². The fraction of sp³-hybridized carbons (Fsp3) is 0.176. The van der Waals surface area contributed by atoms with E-state index in [0.29, 0.717) is 13.0 Å². The number of fused-ring (bicyclic) bond motifs is 1. The van der Waals surface area contributed by atoms with Crippen molar-refractivity contribution >= 4 is 11.3 Å². The van der Waals surface area contributed by atoms with Gasteiger partial charge in [-0.1, -0.05) is 42.5 Å². The molecule has 0 spiro atoms. The van der Waals surface area contributed by atoms with Crippen LogP contribution in [0.3, 0.4) is 0 Å². The third-order valence-corrected chi connectivity index (χ3v) is 3.53. The van der Waals surface area contributed by atoms with E-state index in [1.807, 2.05) is 48.5 Å². The first-order chi connectivity index (χ1) is 9.34. The molecule has 1 aliphatic rings. The van der Waals surface area contributed by atoms with E-state index in [2.05, 4.69) is 11.4 Å². The summed E-state index contributed by atoms with van der Waals surface area (Å²) in [6, 6.07) is 18.0. The van der Waals surface area contributed by atoms with Crippen molar-refractivity contribution in [1.82, 2.24) is 0 Å². The van der Waals surface area contributed by atoms with Crippen LogP contribution in [0.15, 0.2) is 60.4 Å². The van der Waals surface area contributed by atoms with Crippen LogP contribution in [-0.2, 0) is 6.42 Å². The monoisotopic (exact) mass is 253 g/mol. The molecule has 1 nitrogen and oxygen atoms in total. The number of aryl methyl sites for hydroxylation is 1. The highest BCUT2D eigenvalue weighted by Gasteiger charge is 2.18. The predicted molar refractivity (Wildman–Crippen MR) is 77.7 cm³/mol. The predicted octanol–water partition coefficient (Wildman–Crippen LogP) is 4.43. The molecule has 2 heteroatoms. The topological polar surface area (TPSA) is 12.0 Å². The molecule has 0 bridgehead atoms. The maximum absolute atomic E-state index is 14.1. The Hall–Kier alpha value is -2.09. The molecule has 0 saturated heterocycles. The molecule has 3 rings (SSSR count). The van der Waals surface area contributed by atoms with Gasteiger partial charge in [-0.05, 0) is 29.7 Å². The molecule has 2 aromatic carbocycles. The molecular weight excluding hydrogens is 237 g/mol. The van der Waals surface area contributed by atoms with Crippen molar-refractivity contribution in [2.45, 2.75) is 12.8 Å². The highest BCUT2D eigenvalue weighted by Crippen LogP contribution is 2.32. The van der Waals surface area contributed by atoms with Gasteiger partial charge in [0.1, 0.15) is 5.83 Å². The van der Waals surface area contributed by atoms with Gasteiger partial charge in [-0.15, -0.1) is 0 Å². The van der Waals surface area contributed by atoms with Gasteiger partial charge in [-0.2, -0.15) is 0 Å². The van der Waals surface area contributed by atoms with E-state index in [4.69, 9.17) is 0 Å². The molecule has 0 radical (unpaired) electrons. The largest absolute Gasteiger partial charge is 0.381 e. The molecule has 0 atom stereocenters. The molecule has 0 unspecified atom stereocenters. The van der Waals surface area contributed by atoms with Gasteiger partial charge in [0.15, 0.2) is 0 Å². The van der Waals surface area contributed by atoms with Gasteiger partial charge in [0.05, 0.1) is 0 Å². The quantitative estimate of drug-likeness (QED) is 0.853. The number of allylic oxidation sites excluding steroid dienone is 1. The third-order valence-electron chi connectivity index (χ3n) is 3.53. The van der Waals surface area contributed by atoms with Gasteiger partial charge in [-0.25, -0.2) is 4.39 Å². The molecule has 0 saturated carbocycles. The van der Waals surface area contributed by atoms with Crippen LogP contribution in [0.25, 0.3) is 5.57 Å². The van der Waals surface area contributed by atoms with Crippen molar-refractivity contribution in [3.63, 3.8) is 0 Å². The SMILES string of the molecule is FC1=C(CNc2ccccc2)c2ccccc2CC1. The Balaban J connectivity index is 1.83. The van der Waals surface area contributed by atoms with E-state index in [0.717, 1.165) is 23.2 Å². The lowest BCUT2D eigenvalue weighted by Gasteiger charge is -2.20. The van der Waals surface area contributed by atoms with Gasteiger partial charge in [0, 0.05) is 24.2 Å². The molecule has 0 amide bonds. The molecule has 2 aromatic rings. The highest BCUT2D eigenvalue weighted by molar-refractivity contribution is 5.74. The molecule has 96 valence electrons. The number of benzene rings is 2. The maximum Gasteiger partial charge on any atom is 0.106 e. The summed E-state index contributed by atoms with van der Waals surface area (Å²) in [5.74, 6) is 0.0159. The number of rotatable bonds is 3. The fourth-order valence-corrected chi connectivity index (χ4v) is 2.51. The molecule has 1 aliphatic carbocycles. The van der Waals surface area contributed by atoms with Crippen LogP contribution in [0.1, 0.15) is 17.5 Å². The number of anilines is 1. The van der Waals surface area contributed by atoms with Crippen LogP contribution in [0.2, 0.25) is 0 Å². The van der Waals surface area contributed by atoms with E-state index in [9.17, 15) is 4.39 Å². The minimum atomic E-state index is 0.0159. The maximum atomic E-state index is 14.1. The molecule has 0 aromatic heterocycles. The van der Waals surface area contributed by atoms with Crippen LogP contribution < -0.4 is 5.32 Å². The molecule has 19 heavy (non-hydrogen) atoms. The van der Waals surface area contributed by atoms with E-state index in [1.165, 1.54) is 5.56 Å². The van der Waals surface area contributed by atoms with Gasteiger partial charge in [0.25, 0.3) is 0 Å². The molecule has 0 fully saturated rings. The Bertz CT molecular complexity index is 602. The van der Waals surface area contributed by atoms with Crippen LogP contribution in [0.5, 0.6) is 0 Å². The summed E-state index contributed by atoms with van der Waals surface area (Å²) < 4.78 is 14.1. The van der Waals surface area contributed by atoms with Gasteiger partial charge >= 0.3 is 0 Å². The lowest BCUT2D eigenvalue weighted by atomic mass is 9.90. The first-order valence-corrected chi connectivity index (χ1v) is 6.59. The summed E-state index contributed by atoms with van der Waals surface area (Å²) in [4.78, 5) is 0. The zero-order valence-corrected chi connectivity index (χ0v) is 10.7. The average Bonchev–Trinajstić information content (AvgIpc) is 2.47. The van der Waals surface area contributed by atoms with Crippen molar-refractivity contribution in [3.05, 3.63) is 71.6 Å². The van der Waals surface area contributed by atoms with Crippen molar-refractivity contribution in [2.24, 2.45) is 0 Å². The van der Waals surface area contributed by atoms with Crippen molar-refractivity contribution in [1.29, 1.82) is 0 Å². The fourth-order valence-electron chi connectivity index (χ4n) is 2.51. The van der Waals surface area contributed by atoms with E-state index < -0.39 is 0 Å². The Morgan fingerprint density at radius 2 is 1.63 bits per heavy atom. The Labute approximate surface area is 112 Å². The van der Waals surface area contributed by atoms with Gasteiger partial charge in [0.2, 0.25) is 0 Å². The average molecular weight is 253 g/mol. The first-order valence-electron chi connectivity index (χ1n) is 6.59. The standard InChI is InChI=1S/C17H16FN/c18-17-11-10-13-6-4-5-9-15(13)16(17)12-19-14-7-2-1-3-8-14/h1-9,19H,10-12H2. The Morgan fingerprint density at radius 1 is 0.895 bits per heavy atom. The summed E-state index contributed by atoms with van der Waals surface area (Å²) in [6.45, 7) is 0.535. The zero-order chi connectivity index (χ0) is 13.1. The summed E-state index contributed by atoms with van der Waals surface area (Å²) in [5.41, 5.74) is 4.11. The normalized spacial score (nSPS) is 14.2. The Morgan fingerprint density at radius 3 is 2.47 bits per heavy atom. The molecule has 1 N–H and O–H groups in total. The number of para-hydroxylation sites is 1. The summed E-state index contributed by atoms with van der Waals surface area (Å²) in [6.07, 6.45) is 1.32. The van der Waals surface area contributed by atoms with Crippen LogP contribution in [0.4, 0.5) is 10.1 Å². The first kappa shape index (κ1) is 12.0. The van der Waals surface area contributed by atoms with Crippen molar-refractivity contribution in [3.8, 4) is 0 Å². The van der Waals surface area contributed by atoms with Crippen molar-refractivity contribution < 1.29 is 4.39 Å². The lowest BCUT2D eigenvalue weighted by molar-refractivity contribution is 0.584. The van der Waals surface area contributed by atoms with Crippen LogP contribution in [0, 0.1) is 0 Å². The van der Waals surface area contributed by atoms with Gasteiger partial charge in [-0.3, -0.25) is 0 Å². The third kappa shape index (κ3) is 2.53. The summed E-state index contributed by atoms with van der Waals surface area (Å²) in [7, 11) is 0. The van der Waals surface area contributed by atoms with E-state index in [-0.39, 0.29) is 5.83 Å². The minimum absolute atomic E-state index is 0.0159. The van der Waals surface area contributed by atoms with Crippen LogP contribution in [-0.4, -0.2) is 6.54 Å². The Kier molecular flexibility index (Phi) is 3.32. The molecular formula is C17H16FN. The minimum Gasteiger partial charge on any atom is -0.381 e. The van der Waals surface area contributed by atoms with Gasteiger partial charge < -0.3 is 5.32 Å². The second kappa shape index (κ2) is 5.27.